The maximum Gasteiger partial charge on any atom is 0.305 e. The minimum Gasteiger partial charge on any atom is -0.481 e. The average Bonchev–Trinajstić information content (AvgIpc) is 3.04. The highest BCUT2D eigenvalue weighted by atomic mass is 32.2. The molecule has 1 aliphatic rings. The molecule has 2 rings (SSSR count). The second kappa shape index (κ2) is 8.81. The monoisotopic (exact) mass is 398 g/mol. The molecule has 150 valence electrons. The van der Waals surface area contributed by atoms with Crippen LogP contribution in [0.3, 0.4) is 0 Å². The number of hydrogen-bond acceptors (Lipinski definition) is 5. The molecule has 0 aliphatic carbocycles. The molecule has 2 atom stereocenters. The third-order valence-electron chi connectivity index (χ3n) is 4.82. The van der Waals surface area contributed by atoms with Gasteiger partial charge in [0.05, 0.1) is 17.4 Å². The first-order valence-corrected chi connectivity index (χ1v) is 10.3. The van der Waals surface area contributed by atoms with Gasteiger partial charge in [-0.3, -0.25) is 9.59 Å². The molecule has 1 fully saturated rings. The van der Waals surface area contributed by atoms with Crippen molar-refractivity contribution < 1.29 is 27.9 Å². The molecule has 1 aliphatic heterocycles. The molecule has 0 radical (unpaired) electrons. The second-order valence-corrected chi connectivity index (χ2v) is 8.35. The van der Waals surface area contributed by atoms with Crippen LogP contribution in [0.4, 0.5) is 0 Å². The molecule has 8 nitrogen and oxygen atoms in total. The highest BCUT2D eigenvalue weighted by molar-refractivity contribution is 7.89. The Morgan fingerprint density at radius 1 is 1.22 bits per heavy atom. The van der Waals surface area contributed by atoms with Gasteiger partial charge in [0.15, 0.2) is 0 Å². The van der Waals surface area contributed by atoms with Crippen LogP contribution in [-0.4, -0.2) is 73.5 Å². The Morgan fingerprint density at radius 3 is 2.30 bits per heavy atom. The average molecular weight is 398 g/mol. The van der Waals surface area contributed by atoms with E-state index in [0.29, 0.717) is 31.6 Å². The molecule has 0 bridgehead atoms. The summed E-state index contributed by atoms with van der Waals surface area (Å²) in [6.07, 6.45) is 0.101. The number of amides is 1. The Morgan fingerprint density at radius 2 is 1.81 bits per heavy atom. The number of sulfonamides is 1. The molecule has 1 saturated heterocycles. The summed E-state index contributed by atoms with van der Waals surface area (Å²) in [6.45, 7) is 4.57. The Bertz CT molecular complexity index is 774. The normalized spacial score (nSPS) is 20.2. The first-order chi connectivity index (χ1) is 12.7. The molecule has 9 heteroatoms. The molecule has 1 aromatic carbocycles. The first-order valence-electron chi connectivity index (χ1n) is 8.90. The molecule has 2 unspecified atom stereocenters. The van der Waals surface area contributed by atoms with Crippen molar-refractivity contribution in [3.8, 4) is 0 Å². The quantitative estimate of drug-likeness (QED) is 0.710. The number of carbonyl (C=O) groups excluding carboxylic acids is 1. The molecule has 1 amide bonds. The van der Waals surface area contributed by atoms with E-state index in [1.165, 1.54) is 40.6 Å². The van der Waals surface area contributed by atoms with Crippen molar-refractivity contribution in [2.75, 3.05) is 26.7 Å². The van der Waals surface area contributed by atoms with Crippen LogP contribution in [0.1, 0.15) is 37.0 Å². The predicted octanol–water partition coefficient (Wildman–Crippen LogP) is 1.42. The lowest BCUT2D eigenvalue weighted by molar-refractivity contribution is -0.138. The van der Waals surface area contributed by atoms with Gasteiger partial charge < -0.3 is 14.7 Å². The molecule has 1 heterocycles. The van der Waals surface area contributed by atoms with Gasteiger partial charge in [0.1, 0.15) is 0 Å². The Kier molecular flexibility index (Phi) is 6.96. The van der Waals surface area contributed by atoms with Gasteiger partial charge in [-0.1, -0.05) is 13.8 Å². The zero-order chi connectivity index (χ0) is 20.2. The summed E-state index contributed by atoms with van der Waals surface area (Å²) >= 11 is 0. The van der Waals surface area contributed by atoms with Crippen molar-refractivity contribution in [3.05, 3.63) is 29.8 Å². The van der Waals surface area contributed by atoms with Gasteiger partial charge in [-0.2, -0.15) is 4.31 Å². The lowest BCUT2D eigenvalue weighted by atomic mass is 10.1. The maximum absolute atomic E-state index is 12.8. The highest BCUT2D eigenvalue weighted by Gasteiger charge is 2.37. The number of likely N-dealkylation sites (tertiary alicyclic amines) is 1. The SMILES string of the molecule is CCN(CC)S(=O)(=O)c1ccc(C(=O)N2CC(OC)CC2CC(=O)O)cc1. The number of benzene rings is 1. The van der Waals surface area contributed by atoms with E-state index in [0.717, 1.165) is 0 Å². The molecule has 1 N–H and O–H groups in total. The third kappa shape index (κ3) is 4.66. The number of carbonyl (C=O) groups is 2. The van der Waals surface area contributed by atoms with Gasteiger partial charge in [0, 0.05) is 38.3 Å². The van der Waals surface area contributed by atoms with Crippen molar-refractivity contribution >= 4 is 21.9 Å². The number of aliphatic carboxylic acids is 1. The van der Waals surface area contributed by atoms with Gasteiger partial charge in [-0.05, 0) is 30.7 Å². The summed E-state index contributed by atoms with van der Waals surface area (Å²) in [5.74, 6) is -1.30. The van der Waals surface area contributed by atoms with Crippen LogP contribution in [0.2, 0.25) is 0 Å². The van der Waals surface area contributed by atoms with Crippen molar-refractivity contribution in [1.29, 1.82) is 0 Å². The van der Waals surface area contributed by atoms with Crippen LogP contribution in [0.25, 0.3) is 0 Å². The van der Waals surface area contributed by atoms with Crippen LogP contribution in [0.15, 0.2) is 29.2 Å². The van der Waals surface area contributed by atoms with E-state index in [1.54, 1.807) is 13.8 Å². The van der Waals surface area contributed by atoms with E-state index in [1.807, 2.05) is 0 Å². The van der Waals surface area contributed by atoms with Crippen molar-refractivity contribution in [2.45, 2.75) is 43.7 Å². The minimum absolute atomic E-state index is 0.126. The topological polar surface area (TPSA) is 104 Å². The van der Waals surface area contributed by atoms with E-state index in [-0.39, 0.29) is 23.3 Å². The van der Waals surface area contributed by atoms with Crippen LogP contribution >= 0.6 is 0 Å². The summed E-state index contributed by atoms with van der Waals surface area (Å²) in [5.41, 5.74) is 0.320. The van der Waals surface area contributed by atoms with E-state index in [2.05, 4.69) is 0 Å². The van der Waals surface area contributed by atoms with Crippen LogP contribution < -0.4 is 0 Å². The molecule has 0 aromatic heterocycles. The number of carboxylic acid groups (broad SMARTS) is 1. The minimum atomic E-state index is -3.59. The van der Waals surface area contributed by atoms with Crippen molar-refractivity contribution in [1.82, 2.24) is 9.21 Å². The number of rotatable bonds is 8. The fraction of sp³-hybridized carbons (Fsp3) is 0.556. The summed E-state index contributed by atoms with van der Waals surface area (Å²) in [6, 6.07) is 5.32. The van der Waals surface area contributed by atoms with E-state index < -0.39 is 22.0 Å². The third-order valence-corrected chi connectivity index (χ3v) is 6.89. The molecule has 1 aromatic rings. The van der Waals surface area contributed by atoms with E-state index in [9.17, 15) is 18.0 Å². The Balaban J connectivity index is 2.23. The van der Waals surface area contributed by atoms with E-state index in [4.69, 9.17) is 9.84 Å². The van der Waals surface area contributed by atoms with Crippen molar-refractivity contribution in [2.24, 2.45) is 0 Å². The summed E-state index contributed by atoms with van der Waals surface area (Å²) in [4.78, 5) is 25.5. The molecular weight excluding hydrogens is 372 g/mol. The molecular formula is C18H26N2O6S. The summed E-state index contributed by atoms with van der Waals surface area (Å²) < 4.78 is 31.7. The number of nitrogens with zero attached hydrogens (tertiary/aromatic N) is 2. The smallest absolute Gasteiger partial charge is 0.305 e. The number of ether oxygens (including phenoxy) is 1. The summed E-state index contributed by atoms with van der Waals surface area (Å²) in [7, 11) is -2.06. The Hall–Kier alpha value is -1.97. The van der Waals surface area contributed by atoms with E-state index >= 15 is 0 Å². The number of methoxy groups -OCH3 is 1. The van der Waals surface area contributed by atoms with Gasteiger partial charge in [0.2, 0.25) is 10.0 Å². The zero-order valence-corrected chi connectivity index (χ0v) is 16.6. The van der Waals surface area contributed by atoms with Gasteiger partial charge in [-0.25, -0.2) is 8.42 Å². The largest absolute Gasteiger partial charge is 0.481 e. The number of hydrogen-bond donors (Lipinski definition) is 1. The Labute approximate surface area is 159 Å². The van der Waals surface area contributed by atoms with Gasteiger partial charge in [-0.15, -0.1) is 0 Å². The zero-order valence-electron chi connectivity index (χ0n) is 15.8. The second-order valence-electron chi connectivity index (χ2n) is 6.42. The van der Waals surface area contributed by atoms with Crippen LogP contribution in [0.5, 0.6) is 0 Å². The fourth-order valence-electron chi connectivity index (χ4n) is 3.34. The lowest BCUT2D eigenvalue weighted by Gasteiger charge is -2.23. The predicted molar refractivity (Wildman–Crippen MR) is 99.0 cm³/mol. The first kappa shape index (κ1) is 21.3. The fourth-order valence-corrected chi connectivity index (χ4v) is 4.79. The lowest BCUT2D eigenvalue weighted by Crippen LogP contribution is -2.37. The summed E-state index contributed by atoms with van der Waals surface area (Å²) in [5, 5.41) is 9.08. The van der Waals surface area contributed by atoms with Crippen molar-refractivity contribution in [3.63, 3.8) is 0 Å². The maximum atomic E-state index is 12.8. The number of carboxylic acids is 1. The standard InChI is InChI=1S/C18H26N2O6S/c1-4-19(5-2)27(24,25)16-8-6-13(7-9-16)18(23)20-12-15(26-3)10-14(20)11-17(21)22/h6-9,14-15H,4-5,10-12H2,1-3H3,(H,21,22). The van der Waals surface area contributed by atoms with Crippen LogP contribution in [0, 0.1) is 0 Å². The van der Waals surface area contributed by atoms with Gasteiger partial charge >= 0.3 is 5.97 Å². The van der Waals surface area contributed by atoms with Crippen LogP contribution in [-0.2, 0) is 19.6 Å². The molecule has 0 spiro atoms. The molecule has 0 saturated carbocycles. The van der Waals surface area contributed by atoms with Gasteiger partial charge in [0.25, 0.3) is 5.91 Å². The molecule has 27 heavy (non-hydrogen) atoms. The highest BCUT2D eigenvalue weighted by Crippen LogP contribution is 2.25.